The van der Waals surface area contributed by atoms with Crippen LogP contribution < -0.4 is 24.8 Å². The van der Waals surface area contributed by atoms with Crippen molar-refractivity contribution in [2.75, 3.05) is 26.8 Å². The number of rotatable bonds is 3. The van der Waals surface area contributed by atoms with Crippen molar-refractivity contribution in [3.63, 3.8) is 0 Å². The number of halogens is 1. The quantitative estimate of drug-likeness (QED) is 0.510. The van der Waals surface area contributed by atoms with E-state index in [2.05, 4.69) is 20.7 Å². The lowest BCUT2D eigenvalue weighted by atomic mass is 10.0. The van der Waals surface area contributed by atoms with E-state index in [9.17, 15) is 14.0 Å². The van der Waals surface area contributed by atoms with Crippen LogP contribution in [0.5, 0.6) is 17.2 Å². The van der Waals surface area contributed by atoms with Crippen LogP contribution in [0, 0.1) is 12.7 Å². The fourth-order valence-corrected chi connectivity index (χ4v) is 5.03. The van der Waals surface area contributed by atoms with Gasteiger partial charge in [0.1, 0.15) is 17.7 Å². The highest BCUT2D eigenvalue weighted by Gasteiger charge is 2.33. The Bertz CT molecular complexity index is 1360. The van der Waals surface area contributed by atoms with E-state index in [-0.39, 0.29) is 31.4 Å². The third-order valence-corrected chi connectivity index (χ3v) is 6.97. The number of piperidine rings is 1. The second kappa shape index (κ2) is 12.4. The molecule has 10 nitrogen and oxygen atoms in total. The molecule has 2 aliphatic heterocycles. The molecule has 3 heterocycles. The van der Waals surface area contributed by atoms with Gasteiger partial charge in [0.25, 0.3) is 5.91 Å². The van der Waals surface area contributed by atoms with E-state index in [1.807, 2.05) is 19.1 Å². The van der Waals surface area contributed by atoms with E-state index in [1.165, 1.54) is 19.2 Å². The van der Waals surface area contributed by atoms with E-state index < -0.39 is 18.0 Å². The number of methoxy groups -OCH3 is 1. The van der Waals surface area contributed by atoms with Crippen molar-refractivity contribution >= 4 is 11.8 Å². The number of nitrogens with zero attached hydrogens (tertiary/aromatic N) is 2. The maximum absolute atomic E-state index is 14.5. The minimum Gasteiger partial charge on any atom is -0.493 e. The molecule has 40 heavy (non-hydrogen) atoms. The fraction of sp³-hybridized carbons (Fsp3) is 0.414. The van der Waals surface area contributed by atoms with Crippen LogP contribution in [0.1, 0.15) is 35.4 Å². The van der Waals surface area contributed by atoms with Gasteiger partial charge in [-0.2, -0.15) is 0 Å². The zero-order chi connectivity index (χ0) is 28.1. The summed E-state index contributed by atoms with van der Waals surface area (Å²) in [5, 5.41) is 9.86. The van der Waals surface area contributed by atoms with E-state index in [4.69, 9.17) is 18.7 Å². The van der Waals surface area contributed by atoms with Gasteiger partial charge in [0.15, 0.2) is 23.9 Å². The molecule has 0 unspecified atom stereocenters. The molecule has 0 radical (unpaired) electrons. The lowest BCUT2D eigenvalue weighted by Crippen LogP contribution is -2.57. The normalized spacial score (nSPS) is 20.6. The summed E-state index contributed by atoms with van der Waals surface area (Å²) in [7, 11) is 1.53. The Hall–Kier alpha value is -4.12. The zero-order valence-corrected chi connectivity index (χ0v) is 22.6. The summed E-state index contributed by atoms with van der Waals surface area (Å²) >= 11 is 0. The van der Waals surface area contributed by atoms with E-state index in [0.717, 1.165) is 17.0 Å². The number of amides is 2. The molecule has 1 saturated heterocycles. The molecule has 3 aromatic rings. The first-order chi connectivity index (χ1) is 19.3. The summed E-state index contributed by atoms with van der Waals surface area (Å²) < 4.78 is 37.4. The number of carbonyl (C=O) groups excluding carboxylic acids is 2. The van der Waals surface area contributed by atoms with Gasteiger partial charge in [-0.05, 0) is 55.2 Å². The van der Waals surface area contributed by atoms with Crippen LogP contribution in [0.2, 0.25) is 0 Å². The molecular formula is C29H33FN4O6. The number of ether oxygens (including phenoxy) is 3. The SMILES string of the molecule is COc1ccc2cc1OCC(=O)N[C@@H]1CN(Cc3cc(C)no3)CC[C@H]1Oc1cc(F)cc(c1)CNC(=O)CC2. The number of aromatic nitrogens is 1. The summed E-state index contributed by atoms with van der Waals surface area (Å²) in [6, 6.07) is 11.3. The molecule has 2 amide bonds. The van der Waals surface area contributed by atoms with Gasteiger partial charge in [-0.1, -0.05) is 11.2 Å². The molecule has 2 atom stereocenters. The highest BCUT2D eigenvalue weighted by Crippen LogP contribution is 2.29. The largest absolute Gasteiger partial charge is 0.493 e. The van der Waals surface area contributed by atoms with Crippen LogP contribution >= 0.6 is 0 Å². The van der Waals surface area contributed by atoms with Gasteiger partial charge in [0.05, 0.1) is 25.4 Å². The van der Waals surface area contributed by atoms with Crippen molar-refractivity contribution in [1.29, 1.82) is 0 Å². The van der Waals surface area contributed by atoms with Crippen molar-refractivity contribution in [3.05, 3.63) is 70.9 Å². The summed E-state index contributed by atoms with van der Waals surface area (Å²) in [4.78, 5) is 27.7. The van der Waals surface area contributed by atoms with Crippen LogP contribution in [0.4, 0.5) is 4.39 Å². The number of nitrogens with one attached hydrogen (secondary N) is 2. The van der Waals surface area contributed by atoms with Gasteiger partial charge < -0.3 is 29.4 Å². The highest BCUT2D eigenvalue weighted by atomic mass is 19.1. The molecule has 1 aromatic heterocycles. The first kappa shape index (κ1) is 27.4. The van der Waals surface area contributed by atoms with Gasteiger partial charge in [0, 0.05) is 38.2 Å². The molecule has 5 rings (SSSR count). The monoisotopic (exact) mass is 552 g/mol. The topological polar surface area (TPSA) is 115 Å². The number of carbonyl (C=O) groups is 2. The number of benzene rings is 2. The van der Waals surface area contributed by atoms with E-state index >= 15 is 0 Å². The predicted octanol–water partition coefficient (Wildman–Crippen LogP) is 2.91. The molecule has 2 aliphatic rings. The maximum Gasteiger partial charge on any atom is 0.258 e. The molecule has 11 heteroatoms. The van der Waals surface area contributed by atoms with Crippen LogP contribution in [0.25, 0.3) is 0 Å². The first-order valence-electron chi connectivity index (χ1n) is 13.3. The van der Waals surface area contributed by atoms with Crippen LogP contribution in [-0.2, 0) is 29.1 Å². The zero-order valence-electron chi connectivity index (χ0n) is 22.6. The Morgan fingerprint density at radius 2 is 1.98 bits per heavy atom. The first-order valence-corrected chi connectivity index (χ1v) is 13.3. The van der Waals surface area contributed by atoms with Gasteiger partial charge >= 0.3 is 0 Å². The molecule has 212 valence electrons. The number of hydrogen-bond donors (Lipinski definition) is 2. The number of aryl methyl sites for hydroxylation is 2. The Morgan fingerprint density at radius 1 is 1.10 bits per heavy atom. The van der Waals surface area contributed by atoms with Gasteiger partial charge in [-0.3, -0.25) is 14.5 Å². The summed E-state index contributed by atoms with van der Waals surface area (Å²) in [6.45, 7) is 3.48. The average molecular weight is 553 g/mol. The number of likely N-dealkylation sites (tertiary alicyclic amines) is 1. The van der Waals surface area contributed by atoms with Gasteiger partial charge in [0.2, 0.25) is 5.91 Å². The van der Waals surface area contributed by atoms with E-state index in [0.29, 0.717) is 55.3 Å². The smallest absolute Gasteiger partial charge is 0.258 e. The Morgan fingerprint density at radius 3 is 2.77 bits per heavy atom. The van der Waals surface area contributed by atoms with E-state index in [1.54, 1.807) is 18.2 Å². The number of fused-ring (bicyclic) bond motifs is 5. The number of hydrogen-bond acceptors (Lipinski definition) is 8. The summed E-state index contributed by atoms with van der Waals surface area (Å²) in [5.74, 6) is 1.02. The Labute approximate surface area is 231 Å². The lowest BCUT2D eigenvalue weighted by molar-refractivity contribution is -0.125. The third-order valence-electron chi connectivity index (χ3n) is 6.97. The highest BCUT2D eigenvalue weighted by molar-refractivity contribution is 5.78. The summed E-state index contributed by atoms with van der Waals surface area (Å²) in [5.41, 5.74) is 2.25. The van der Waals surface area contributed by atoms with Gasteiger partial charge in [-0.25, -0.2) is 4.39 Å². The Kier molecular flexibility index (Phi) is 8.49. The summed E-state index contributed by atoms with van der Waals surface area (Å²) in [6.07, 6.45) is 0.855. The second-order valence-corrected chi connectivity index (χ2v) is 10.1. The lowest BCUT2D eigenvalue weighted by Gasteiger charge is -2.38. The van der Waals surface area contributed by atoms with Crippen LogP contribution in [-0.4, -0.2) is 60.8 Å². The average Bonchev–Trinajstić information content (AvgIpc) is 3.34. The molecule has 2 aromatic carbocycles. The second-order valence-electron chi connectivity index (χ2n) is 10.1. The minimum absolute atomic E-state index is 0.166. The van der Waals surface area contributed by atoms with Gasteiger partial charge in [-0.15, -0.1) is 0 Å². The molecule has 0 saturated carbocycles. The molecule has 2 N–H and O–H groups in total. The maximum atomic E-state index is 14.5. The van der Waals surface area contributed by atoms with Crippen molar-refractivity contribution in [2.45, 2.75) is 51.4 Å². The standard InChI is InChI=1S/C29H33FN4O6/c1-18-9-23(40-33-18)15-34-8-7-25-24(16-34)32-29(36)17-38-27-12-19(3-5-26(27)37-2)4-6-28(35)31-14-20-10-21(30)13-22(11-20)39-25/h3,5,9-13,24-25H,4,6-8,14-17H2,1-2H3,(H,31,35)(H,32,36)/t24-,25-/m1/s1. The minimum atomic E-state index is -0.464. The fourth-order valence-electron chi connectivity index (χ4n) is 5.03. The van der Waals surface area contributed by atoms with Crippen molar-refractivity contribution < 1.29 is 32.7 Å². The van der Waals surface area contributed by atoms with Crippen LogP contribution in [0.15, 0.2) is 47.0 Å². The molecule has 0 aliphatic carbocycles. The third kappa shape index (κ3) is 7.09. The van der Waals surface area contributed by atoms with Crippen molar-refractivity contribution in [2.24, 2.45) is 0 Å². The molecule has 1 fully saturated rings. The molecule has 4 bridgehead atoms. The molecule has 0 spiro atoms. The Balaban J connectivity index is 1.39. The molecular weight excluding hydrogens is 519 g/mol. The van der Waals surface area contributed by atoms with Crippen molar-refractivity contribution in [3.8, 4) is 17.2 Å². The predicted molar refractivity (Wildman–Crippen MR) is 143 cm³/mol. The van der Waals surface area contributed by atoms with Crippen molar-refractivity contribution in [1.82, 2.24) is 20.7 Å². The van der Waals surface area contributed by atoms with Crippen LogP contribution in [0.3, 0.4) is 0 Å².